The zero-order valence-corrected chi connectivity index (χ0v) is 4.76. The number of amides is 2. The average molecular weight is 123 g/mol. The molecule has 0 unspecified atom stereocenters. The Balaban J connectivity index is 2.51. The molecular weight excluding hydrogens is 118 g/mol. The standard InChI is InChI=1S/C6H5NO2/c1-2-3-7-5(8)4-6(7)9/h1H,3-4H2. The van der Waals surface area contributed by atoms with E-state index in [-0.39, 0.29) is 24.8 Å². The highest BCUT2D eigenvalue weighted by atomic mass is 16.2. The lowest BCUT2D eigenvalue weighted by atomic mass is 10.2. The predicted molar refractivity (Wildman–Crippen MR) is 30.2 cm³/mol. The van der Waals surface area contributed by atoms with Gasteiger partial charge in [0.15, 0.2) is 0 Å². The Hall–Kier alpha value is -1.30. The van der Waals surface area contributed by atoms with E-state index >= 15 is 0 Å². The number of hydrogen-bond donors (Lipinski definition) is 0. The Kier molecular flexibility index (Phi) is 1.23. The van der Waals surface area contributed by atoms with Crippen LogP contribution in [0.15, 0.2) is 0 Å². The van der Waals surface area contributed by atoms with Crippen LogP contribution in [0.25, 0.3) is 0 Å². The summed E-state index contributed by atoms with van der Waals surface area (Å²) in [6.45, 7) is 0.123. The molecule has 1 heterocycles. The molecule has 1 saturated heterocycles. The Morgan fingerprint density at radius 3 is 2.33 bits per heavy atom. The molecular formula is C6H5NO2. The smallest absolute Gasteiger partial charge is 0.239 e. The van der Waals surface area contributed by atoms with Gasteiger partial charge in [-0.2, -0.15) is 0 Å². The monoisotopic (exact) mass is 123 g/mol. The molecule has 0 N–H and O–H groups in total. The summed E-state index contributed by atoms with van der Waals surface area (Å²) in [5.41, 5.74) is 0. The number of imide groups is 1. The van der Waals surface area contributed by atoms with E-state index in [9.17, 15) is 9.59 Å². The molecule has 0 atom stereocenters. The number of likely N-dealkylation sites (tertiary alicyclic amines) is 1. The molecule has 0 saturated carbocycles. The van der Waals surface area contributed by atoms with Gasteiger partial charge in [-0.25, -0.2) is 0 Å². The van der Waals surface area contributed by atoms with Gasteiger partial charge < -0.3 is 0 Å². The Bertz CT molecular complexity index is 188. The number of rotatable bonds is 1. The van der Waals surface area contributed by atoms with Crippen LogP contribution in [0, 0.1) is 12.3 Å². The van der Waals surface area contributed by atoms with Crippen LogP contribution in [0.4, 0.5) is 0 Å². The van der Waals surface area contributed by atoms with Gasteiger partial charge in [0.05, 0.1) is 6.54 Å². The highest BCUT2D eigenvalue weighted by Crippen LogP contribution is 2.08. The van der Waals surface area contributed by atoms with Crippen molar-refractivity contribution >= 4 is 11.8 Å². The lowest BCUT2D eigenvalue weighted by Crippen LogP contribution is -2.48. The lowest BCUT2D eigenvalue weighted by Gasteiger charge is -2.25. The summed E-state index contributed by atoms with van der Waals surface area (Å²) in [7, 11) is 0. The summed E-state index contributed by atoms with van der Waals surface area (Å²) in [4.78, 5) is 21.9. The van der Waals surface area contributed by atoms with E-state index < -0.39 is 0 Å². The second kappa shape index (κ2) is 1.90. The number of hydrogen-bond acceptors (Lipinski definition) is 2. The van der Waals surface area contributed by atoms with E-state index in [1.807, 2.05) is 0 Å². The van der Waals surface area contributed by atoms with Gasteiger partial charge >= 0.3 is 0 Å². The van der Waals surface area contributed by atoms with Crippen LogP contribution in [0.5, 0.6) is 0 Å². The zero-order chi connectivity index (χ0) is 6.85. The normalized spacial score (nSPS) is 17.0. The van der Waals surface area contributed by atoms with Crippen molar-refractivity contribution in [3.63, 3.8) is 0 Å². The fourth-order valence-corrected chi connectivity index (χ4v) is 0.636. The van der Waals surface area contributed by atoms with Crippen LogP contribution < -0.4 is 0 Å². The van der Waals surface area contributed by atoms with E-state index in [1.165, 1.54) is 0 Å². The minimum absolute atomic E-state index is 0.0294. The first-order chi connectivity index (χ1) is 4.25. The van der Waals surface area contributed by atoms with Gasteiger partial charge in [-0.3, -0.25) is 14.5 Å². The van der Waals surface area contributed by atoms with E-state index in [4.69, 9.17) is 6.42 Å². The Labute approximate surface area is 52.6 Å². The molecule has 0 bridgehead atoms. The van der Waals surface area contributed by atoms with Crippen molar-refractivity contribution in [3.8, 4) is 12.3 Å². The fourth-order valence-electron chi connectivity index (χ4n) is 0.636. The van der Waals surface area contributed by atoms with Crippen LogP contribution >= 0.6 is 0 Å². The highest BCUT2D eigenvalue weighted by molar-refractivity contribution is 6.14. The molecule has 3 nitrogen and oxygen atoms in total. The van der Waals surface area contributed by atoms with Crippen molar-refractivity contribution in [2.45, 2.75) is 6.42 Å². The van der Waals surface area contributed by atoms with Crippen molar-refractivity contribution in [1.82, 2.24) is 4.90 Å². The second-order valence-corrected chi connectivity index (χ2v) is 1.75. The largest absolute Gasteiger partial charge is 0.274 e. The van der Waals surface area contributed by atoms with Crippen molar-refractivity contribution in [3.05, 3.63) is 0 Å². The number of terminal acetylenes is 1. The minimum atomic E-state index is -0.169. The van der Waals surface area contributed by atoms with Crippen molar-refractivity contribution < 1.29 is 9.59 Å². The first-order valence-corrected chi connectivity index (χ1v) is 2.52. The maximum atomic E-state index is 10.4. The van der Waals surface area contributed by atoms with E-state index in [0.29, 0.717) is 0 Å². The molecule has 0 radical (unpaired) electrons. The third-order valence-corrected chi connectivity index (χ3v) is 1.15. The van der Waals surface area contributed by atoms with Crippen LogP contribution in [-0.2, 0) is 9.59 Å². The van der Waals surface area contributed by atoms with Crippen LogP contribution in [0.1, 0.15) is 6.42 Å². The minimum Gasteiger partial charge on any atom is -0.274 e. The summed E-state index contributed by atoms with van der Waals surface area (Å²) in [5, 5.41) is 0. The van der Waals surface area contributed by atoms with Crippen LogP contribution in [0.2, 0.25) is 0 Å². The molecule has 0 aromatic rings. The third kappa shape index (κ3) is 0.789. The van der Waals surface area contributed by atoms with Crippen molar-refractivity contribution in [1.29, 1.82) is 0 Å². The highest BCUT2D eigenvalue weighted by Gasteiger charge is 2.32. The molecule has 1 aliphatic rings. The summed E-state index contributed by atoms with van der Waals surface area (Å²) in [6, 6.07) is 0. The van der Waals surface area contributed by atoms with Gasteiger partial charge in [-0.1, -0.05) is 5.92 Å². The number of carbonyl (C=O) groups excluding carboxylic acids is 2. The molecule has 1 fully saturated rings. The van der Waals surface area contributed by atoms with E-state index in [1.54, 1.807) is 0 Å². The molecule has 0 aromatic heterocycles. The molecule has 46 valence electrons. The fraction of sp³-hybridized carbons (Fsp3) is 0.333. The van der Waals surface area contributed by atoms with Crippen LogP contribution in [-0.4, -0.2) is 23.3 Å². The number of carbonyl (C=O) groups is 2. The molecule has 0 aliphatic carbocycles. The van der Waals surface area contributed by atoms with Gasteiger partial charge in [0.25, 0.3) is 0 Å². The molecule has 3 heteroatoms. The van der Waals surface area contributed by atoms with E-state index in [0.717, 1.165) is 4.90 Å². The predicted octanol–water partition coefficient (Wildman–Crippen LogP) is -0.621. The first-order valence-electron chi connectivity index (χ1n) is 2.52. The van der Waals surface area contributed by atoms with Gasteiger partial charge in [-0.05, 0) is 0 Å². The number of nitrogens with zero attached hydrogens (tertiary/aromatic N) is 1. The average Bonchev–Trinajstić information content (AvgIpc) is 1.84. The maximum Gasteiger partial charge on any atom is 0.239 e. The Morgan fingerprint density at radius 2 is 2.11 bits per heavy atom. The molecule has 0 spiro atoms. The van der Waals surface area contributed by atoms with Gasteiger partial charge in [0, 0.05) is 0 Å². The number of β-lactam (4-membered cyclic amide) rings is 2. The summed E-state index contributed by atoms with van der Waals surface area (Å²) >= 11 is 0. The third-order valence-electron chi connectivity index (χ3n) is 1.15. The molecule has 2 amide bonds. The maximum absolute atomic E-state index is 10.4. The van der Waals surface area contributed by atoms with Gasteiger partial charge in [0.2, 0.25) is 11.8 Å². The molecule has 1 rings (SSSR count). The molecule has 0 aromatic carbocycles. The molecule has 1 aliphatic heterocycles. The van der Waals surface area contributed by atoms with Gasteiger partial charge in [-0.15, -0.1) is 6.42 Å². The van der Waals surface area contributed by atoms with E-state index in [2.05, 4.69) is 5.92 Å². The zero-order valence-electron chi connectivity index (χ0n) is 4.76. The summed E-state index contributed by atoms with van der Waals surface area (Å²) < 4.78 is 0. The SMILES string of the molecule is C#CCN1C(=O)CC1=O. The summed E-state index contributed by atoms with van der Waals surface area (Å²) in [5.74, 6) is 1.88. The van der Waals surface area contributed by atoms with Crippen molar-refractivity contribution in [2.75, 3.05) is 6.54 Å². The first kappa shape index (κ1) is 5.83. The topological polar surface area (TPSA) is 37.4 Å². The lowest BCUT2D eigenvalue weighted by molar-refractivity contribution is -0.156. The quantitative estimate of drug-likeness (QED) is 0.265. The second-order valence-electron chi connectivity index (χ2n) is 1.75. The van der Waals surface area contributed by atoms with Crippen molar-refractivity contribution in [2.24, 2.45) is 0 Å². The molecule has 9 heavy (non-hydrogen) atoms. The van der Waals surface area contributed by atoms with Crippen LogP contribution in [0.3, 0.4) is 0 Å². The van der Waals surface area contributed by atoms with Gasteiger partial charge in [0.1, 0.15) is 6.42 Å². The Morgan fingerprint density at radius 1 is 1.56 bits per heavy atom. The summed E-state index contributed by atoms with van der Waals surface area (Å²) in [6.07, 6.45) is 4.90.